The Labute approximate surface area is 136 Å². The lowest BCUT2D eigenvalue weighted by molar-refractivity contribution is -0.268. The number of aromatic nitrogens is 4. The summed E-state index contributed by atoms with van der Waals surface area (Å²) in [5.41, 5.74) is -0.760. The highest BCUT2D eigenvalue weighted by Crippen LogP contribution is 2.24. The van der Waals surface area contributed by atoms with Crippen LogP contribution >= 0.6 is 0 Å². The van der Waals surface area contributed by atoms with Gasteiger partial charge in [0.15, 0.2) is 17.2 Å². The Bertz CT molecular complexity index is 1010. The van der Waals surface area contributed by atoms with Crippen LogP contribution in [0.4, 0.5) is 0 Å². The number of hydrogen-bond donors (Lipinski definition) is 2. The first-order chi connectivity index (χ1) is 11.2. The van der Waals surface area contributed by atoms with Crippen LogP contribution in [0.15, 0.2) is 29.1 Å². The number of carbonyl (C=O) groups is 1. The quantitative estimate of drug-likeness (QED) is 0.731. The van der Waals surface area contributed by atoms with Crippen LogP contribution < -0.4 is 10.8 Å². The Balaban J connectivity index is 2.42. The summed E-state index contributed by atoms with van der Waals surface area (Å²) in [6, 6.07) is 5.85. The lowest BCUT2D eigenvalue weighted by Crippen LogP contribution is -2.32. The van der Waals surface area contributed by atoms with Crippen LogP contribution in [0, 0.1) is 0 Å². The van der Waals surface area contributed by atoms with E-state index in [2.05, 4.69) is 15.0 Å². The first-order valence-electron chi connectivity index (χ1n) is 7.22. The molecule has 0 atom stereocenters. The van der Waals surface area contributed by atoms with Crippen LogP contribution in [0.2, 0.25) is 0 Å². The first kappa shape index (κ1) is 15.7. The molecule has 24 heavy (non-hydrogen) atoms. The number of aromatic amines is 1. The molecule has 1 aromatic carbocycles. The molecule has 0 aliphatic rings. The highest BCUT2D eigenvalue weighted by atomic mass is 16.4. The zero-order valence-electron chi connectivity index (χ0n) is 13.3. The van der Waals surface area contributed by atoms with Crippen LogP contribution in [-0.4, -0.2) is 30.6 Å². The van der Waals surface area contributed by atoms with Crippen molar-refractivity contribution in [3.05, 3.63) is 40.4 Å². The molecule has 0 aliphatic heterocycles. The van der Waals surface area contributed by atoms with Crippen LogP contribution in [0.3, 0.4) is 0 Å². The van der Waals surface area contributed by atoms with Crippen LogP contribution in [0.1, 0.15) is 31.3 Å². The normalized spacial score (nSPS) is 11.8. The summed E-state index contributed by atoms with van der Waals surface area (Å²) in [7, 11) is 0. The van der Waals surface area contributed by atoms with Crippen molar-refractivity contribution in [1.29, 1.82) is 0 Å². The Hall–Kier alpha value is -3.16. The SMILES string of the molecule is CC(C)(C)n1c(=O)[nH]c2c(C(=O)O)nc(-c3cccc([O-])c3)nc21. The molecule has 8 heteroatoms. The summed E-state index contributed by atoms with van der Waals surface area (Å²) in [4.78, 5) is 34.7. The number of hydrogen-bond acceptors (Lipinski definition) is 5. The average molecular weight is 327 g/mol. The van der Waals surface area contributed by atoms with Crippen molar-refractivity contribution in [3.8, 4) is 17.1 Å². The van der Waals surface area contributed by atoms with Gasteiger partial charge in [-0.1, -0.05) is 24.3 Å². The number of H-pyrrole nitrogens is 1. The summed E-state index contributed by atoms with van der Waals surface area (Å²) >= 11 is 0. The number of rotatable bonds is 2. The predicted molar refractivity (Wildman–Crippen MR) is 85.0 cm³/mol. The molecule has 2 N–H and O–H groups in total. The van der Waals surface area contributed by atoms with Crippen molar-refractivity contribution in [2.75, 3.05) is 0 Å². The largest absolute Gasteiger partial charge is 0.872 e. The van der Waals surface area contributed by atoms with Gasteiger partial charge in [0.25, 0.3) is 0 Å². The highest BCUT2D eigenvalue weighted by Gasteiger charge is 2.25. The molecular formula is C16H15N4O4-. The third-order valence-corrected chi connectivity index (χ3v) is 3.50. The van der Waals surface area contributed by atoms with Crippen molar-refractivity contribution >= 4 is 17.1 Å². The van der Waals surface area contributed by atoms with Crippen molar-refractivity contribution in [2.45, 2.75) is 26.3 Å². The van der Waals surface area contributed by atoms with E-state index in [0.29, 0.717) is 5.56 Å². The molecule has 0 radical (unpaired) electrons. The fraction of sp³-hybridized carbons (Fsp3) is 0.250. The second-order valence-electron chi connectivity index (χ2n) is 6.36. The number of carboxylic acids is 1. The maximum atomic E-state index is 12.3. The minimum absolute atomic E-state index is 0.0597. The van der Waals surface area contributed by atoms with E-state index in [1.165, 1.54) is 16.7 Å². The summed E-state index contributed by atoms with van der Waals surface area (Å²) in [5.74, 6) is -1.45. The second kappa shape index (κ2) is 5.19. The predicted octanol–water partition coefficient (Wildman–Crippen LogP) is 1.31. The van der Waals surface area contributed by atoms with Crippen molar-refractivity contribution < 1.29 is 15.0 Å². The van der Waals surface area contributed by atoms with E-state index in [1.54, 1.807) is 12.1 Å². The third-order valence-electron chi connectivity index (χ3n) is 3.50. The number of carboxylic acid groups (broad SMARTS) is 1. The Morgan fingerprint density at radius 1 is 1.29 bits per heavy atom. The Morgan fingerprint density at radius 2 is 2.00 bits per heavy atom. The van der Waals surface area contributed by atoms with Crippen molar-refractivity contribution in [3.63, 3.8) is 0 Å². The van der Waals surface area contributed by atoms with E-state index >= 15 is 0 Å². The molecule has 0 unspecified atom stereocenters. The molecule has 3 rings (SSSR count). The molecule has 2 aromatic heterocycles. The molecule has 124 valence electrons. The number of nitrogens with one attached hydrogen (secondary N) is 1. The van der Waals surface area contributed by atoms with E-state index in [0.717, 1.165) is 0 Å². The summed E-state index contributed by atoms with van der Waals surface area (Å²) in [5, 5.41) is 21.0. The molecule has 0 saturated heterocycles. The number of aromatic carboxylic acids is 1. The summed E-state index contributed by atoms with van der Waals surface area (Å²) in [6.07, 6.45) is 0. The Morgan fingerprint density at radius 3 is 2.58 bits per heavy atom. The average Bonchev–Trinajstić information content (AvgIpc) is 2.81. The van der Waals surface area contributed by atoms with Gasteiger partial charge in [0.1, 0.15) is 5.52 Å². The molecule has 0 saturated carbocycles. The molecule has 2 heterocycles. The van der Waals surface area contributed by atoms with E-state index in [4.69, 9.17) is 0 Å². The second-order valence-corrected chi connectivity index (χ2v) is 6.36. The maximum Gasteiger partial charge on any atom is 0.356 e. The van der Waals surface area contributed by atoms with Gasteiger partial charge in [0.2, 0.25) is 0 Å². The first-order valence-corrected chi connectivity index (χ1v) is 7.22. The van der Waals surface area contributed by atoms with Crippen molar-refractivity contribution in [2.24, 2.45) is 0 Å². The fourth-order valence-electron chi connectivity index (χ4n) is 2.53. The zero-order valence-corrected chi connectivity index (χ0v) is 13.3. The fourth-order valence-corrected chi connectivity index (χ4v) is 2.53. The monoisotopic (exact) mass is 327 g/mol. The minimum Gasteiger partial charge on any atom is -0.872 e. The van der Waals surface area contributed by atoms with E-state index in [9.17, 15) is 19.8 Å². The molecule has 0 amide bonds. The van der Waals surface area contributed by atoms with Gasteiger partial charge in [-0.15, -0.1) is 5.75 Å². The van der Waals surface area contributed by atoms with Gasteiger partial charge in [-0.05, 0) is 20.8 Å². The summed E-state index contributed by atoms with van der Waals surface area (Å²) in [6.45, 7) is 5.42. The van der Waals surface area contributed by atoms with Gasteiger partial charge < -0.3 is 15.2 Å². The topological polar surface area (TPSA) is 124 Å². The minimum atomic E-state index is -1.29. The highest BCUT2D eigenvalue weighted by molar-refractivity contribution is 5.98. The lowest BCUT2D eigenvalue weighted by atomic mass is 10.1. The van der Waals surface area contributed by atoms with E-state index in [-0.39, 0.29) is 28.4 Å². The van der Waals surface area contributed by atoms with Gasteiger partial charge >= 0.3 is 11.7 Å². The maximum absolute atomic E-state index is 12.3. The van der Waals surface area contributed by atoms with E-state index in [1.807, 2.05) is 20.8 Å². The molecule has 8 nitrogen and oxygen atoms in total. The summed E-state index contributed by atoms with van der Waals surface area (Å²) < 4.78 is 1.38. The van der Waals surface area contributed by atoms with Gasteiger partial charge in [0.05, 0.1) is 0 Å². The molecule has 3 aromatic rings. The molecule has 0 spiro atoms. The number of nitrogens with zero attached hydrogens (tertiary/aromatic N) is 3. The van der Waals surface area contributed by atoms with Gasteiger partial charge in [-0.3, -0.25) is 4.57 Å². The Kier molecular flexibility index (Phi) is 3.40. The number of fused-ring (bicyclic) bond motifs is 1. The van der Waals surface area contributed by atoms with Crippen LogP contribution in [0.25, 0.3) is 22.6 Å². The molecule has 0 fully saturated rings. The molecule has 0 aliphatic carbocycles. The smallest absolute Gasteiger partial charge is 0.356 e. The standard InChI is InChI=1S/C16H16N4O4/c1-16(2,3)20-13-10(18-15(20)24)11(14(22)23)17-12(19-13)8-5-4-6-9(21)7-8/h4-7,21H,1-3H3,(H,18,24)(H,22,23)/p-1. The molecule has 0 bridgehead atoms. The third kappa shape index (κ3) is 2.51. The number of benzene rings is 1. The van der Waals surface area contributed by atoms with Gasteiger partial charge in [-0.2, -0.15) is 0 Å². The van der Waals surface area contributed by atoms with Crippen LogP contribution in [-0.2, 0) is 5.54 Å². The van der Waals surface area contributed by atoms with Crippen LogP contribution in [0.5, 0.6) is 5.75 Å². The zero-order chi connectivity index (χ0) is 17.6. The number of imidazole rings is 1. The lowest BCUT2D eigenvalue weighted by Gasteiger charge is -2.20. The van der Waals surface area contributed by atoms with E-state index < -0.39 is 17.2 Å². The molecular weight excluding hydrogens is 312 g/mol. The van der Waals surface area contributed by atoms with Gasteiger partial charge in [-0.25, -0.2) is 19.6 Å². The van der Waals surface area contributed by atoms with Gasteiger partial charge in [0, 0.05) is 11.1 Å². The van der Waals surface area contributed by atoms with Crippen molar-refractivity contribution in [1.82, 2.24) is 19.5 Å².